The minimum atomic E-state index is -5.32. The van der Waals surface area contributed by atoms with Gasteiger partial charge in [-0.2, -0.15) is 0 Å². The molecule has 0 unspecified atom stereocenters. The largest absolute Gasteiger partial charge is 0.524 e. The van der Waals surface area contributed by atoms with E-state index in [4.69, 9.17) is 25.7 Å². The number of nitrogens with zero attached hydrogens (tertiary/aromatic N) is 2. The SMILES string of the molecule is C[C@@H]1C/C=C/[C@H](C)C/C=C/C(=N\OCC(=O)N2CCCCC2)Cc2c(Cl)c(OP(=O)(O)O)cc(OP(=O)(O)O)c2C(=O)O1. The molecule has 1 amide bonds. The van der Waals surface area contributed by atoms with Gasteiger partial charge >= 0.3 is 21.6 Å². The van der Waals surface area contributed by atoms with Crippen LogP contribution in [0.3, 0.4) is 0 Å². The van der Waals surface area contributed by atoms with Crippen molar-refractivity contribution in [3.05, 3.63) is 46.5 Å². The van der Waals surface area contributed by atoms with Gasteiger partial charge in [0.05, 0.1) is 10.7 Å². The zero-order valence-electron chi connectivity index (χ0n) is 23.6. The molecule has 1 aromatic carbocycles. The van der Waals surface area contributed by atoms with Crippen molar-refractivity contribution in [3.8, 4) is 11.5 Å². The van der Waals surface area contributed by atoms with E-state index in [2.05, 4.69) is 9.68 Å². The van der Waals surface area contributed by atoms with Crippen LogP contribution < -0.4 is 9.05 Å². The summed E-state index contributed by atoms with van der Waals surface area (Å²) in [5, 5.41) is 3.59. The van der Waals surface area contributed by atoms with Gasteiger partial charge in [-0.1, -0.05) is 41.9 Å². The van der Waals surface area contributed by atoms with Crippen molar-refractivity contribution in [2.24, 2.45) is 11.1 Å². The molecule has 17 heteroatoms. The van der Waals surface area contributed by atoms with E-state index >= 15 is 0 Å². The quantitative estimate of drug-likeness (QED) is 0.140. The van der Waals surface area contributed by atoms with E-state index in [1.54, 1.807) is 24.0 Å². The number of esters is 1. The van der Waals surface area contributed by atoms with Crippen LogP contribution >= 0.6 is 27.2 Å². The van der Waals surface area contributed by atoms with Gasteiger partial charge in [-0.15, -0.1) is 0 Å². The summed E-state index contributed by atoms with van der Waals surface area (Å²) in [6, 6.07) is 0.677. The number of phosphoric ester groups is 2. The number of hydrogen-bond acceptors (Lipinski definition) is 9. The molecule has 238 valence electrons. The standard InChI is InChI=1S/C26H35ClN2O12P2/c1-17-8-6-10-18(2)39-26(31)24-20(25(27)22(41-43(35,36)37)15-21(24)40-42(32,33)34)14-19(11-7-9-17)28-38-16-23(30)29-12-4-3-5-13-29/h6-8,11,15,17-18H,3-5,9-10,12-14,16H2,1-2H3,(H2,32,33,34)(H2,35,36,37)/b8-6+,11-7+,28-19+/t17-,18+/m0/s1. The first-order valence-corrected chi connectivity index (χ1v) is 16.9. The summed E-state index contributed by atoms with van der Waals surface area (Å²) in [7, 11) is -10.6. The lowest BCUT2D eigenvalue weighted by Gasteiger charge is -2.26. The average Bonchev–Trinajstić information content (AvgIpc) is 2.89. The Bertz CT molecular complexity index is 1360. The van der Waals surface area contributed by atoms with Crippen LogP contribution in [0.2, 0.25) is 5.02 Å². The van der Waals surface area contributed by atoms with Crippen LogP contribution in [0, 0.1) is 5.92 Å². The van der Waals surface area contributed by atoms with Crippen molar-refractivity contribution >= 4 is 44.8 Å². The van der Waals surface area contributed by atoms with Crippen molar-refractivity contribution in [3.63, 3.8) is 0 Å². The predicted molar refractivity (Wildman–Crippen MR) is 156 cm³/mol. The smallest absolute Gasteiger partial charge is 0.459 e. The monoisotopic (exact) mass is 664 g/mol. The minimum Gasteiger partial charge on any atom is -0.459 e. The van der Waals surface area contributed by atoms with Gasteiger partial charge in [-0.3, -0.25) is 24.4 Å². The summed E-state index contributed by atoms with van der Waals surface area (Å²) < 4.78 is 38.4. The van der Waals surface area contributed by atoms with Crippen LogP contribution in [0.25, 0.3) is 0 Å². The fourth-order valence-electron chi connectivity index (χ4n) is 4.44. The third kappa shape index (κ3) is 11.4. The first-order chi connectivity index (χ1) is 20.1. The van der Waals surface area contributed by atoms with Crippen LogP contribution in [0.5, 0.6) is 11.5 Å². The lowest BCUT2D eigenvalue weighted by molar-refractivity contribution is -0.137. The number of carbonyl (C=O) groups excluding carboxylic acids is 2. The van der Waals surface area contributed by atoms with E-state index in [1.165, 1.54) is 0 Å². The van der Waals surface area contributed by atoms with Gasteiger partial charge in [0.15, 0.2) is 12.4 Å². The van der Waals surface area contributed by atoms with Crippen molar-refractivity contribution in [1.29, 1.82) is 0 Å². The van der Waals surface area contributed by atoms with E-state index in [0.29, 0.717) is 32.0 Å². The molecule has 0 saturated carbocycles. The van der Waals surface area contributed by atoms with Crippen molar-refractivity contribution < 1.29 is 56.9 Å². The topological polar surface area (TPSA) is 202 Å². The highest BCUT2D eigenvalue weighted by Gasteiger charge is 2.32. The van der Waals surface area contributed by atoms with Crippen LogP contribution in [0.15, 0.2) is 35.5 Å². The van der Waals surface area contributed by atoms with E-state index < -0.39 is 49.8 Å². The fourth-order valence-corrected chi connectivity index (χ4v) is 5.55. The number of halogens is 1. The van der Waals surface area contributed by atoms with Gasteiger partial charge in [0.2, 0.25) is 0 Å². The summed E-state index contributed by atoms with van der Waals surface area (Å²) in [5.74, 6) is -2.78. The van der Waals surface area contributed by atoms with Gasteiger partial charge in [0.1, 0.15) is 17.4 Å². The van der Waals surface area contributed by atoms with Gasteiger partial charge in [0.25, 0.3) is 5.91 Å². The lowest BCUT2D eigenvalue weighted by Crippen LogP contribution is -2.37. The molecule has 2 heterocycles. The molecule has 1 aromatic rings. The first kappa shape index (κ1) is 34.8. The van der Waals surface area contributed by atoms with Gasteiger partial charge in [0, 0.05) is 32.0 Å². The Morgan fingerprint density at radius 2 is 1.70 bits per heavy atom. The zero-order valence-corrected chi connectivity index (χ0v) is 26.2. The van der Waals surface area contributed by atoms with Crippen LogP contribution in [-0.2, 0) is 29.9 Å². The third-order valence-corrected chi connectivity index (χ3v) is 7.71. The normalized spacial score (nSPS) is 23.0. The van der Waals surface area contributed by atoms with Crippen LogP contribution in [0.1, 0.15) is 61.9 Å². The number of oxime groups is 1. The summed E-state index contributed by atoms with van der Waals surface area (Å²) in [6.07, 6.45) is 9.70. The first-order valence-electron chi connectivity index (χ1n) is 13.5. The molecule has 4 N–H and O–H groups in total. The highest BCUT2D eigenvalue weighted by atomic mass is 35.5. The maximum absolute atomic E-state index is 13.4. The molecule has 43 heavy (non-hydrogen) atoms. The average molecular weight is 665 g/mol. The van der Waals surface area contributed by atoms with Gasteiger partial charge in [-0.05, 0) is 50.2 Å². The fraction of sp³-hybridized carbons (Fsp3) is 0.500. The second-order valence-corrected chi connectivity index (χ2v) is 12.9. The number of fused-ring (bicyclic) bond motifs is 1. The maximum Gasteiger partial charge on any atom is 0.524 e. The van der Waals surface area contributed by atoms with Crippen molar-refractivity contribution in [1.82, 2.24) is 4.90 Å². The zero-order chi connectivity index (χ0) is 31.8. The molecule has 0 bridgehead atoms. The highest BCUT2D eigenvalue weighted by molar-refractivity contribution is 7.47. The molecular formula is C26H35ClN2O12P2. The maximum atomic E-state index is 13.4. The van der Waals surface area contributed by atoms with E-state index in [9.17, 15) is 38.3 Å². The molecule has 1 fully saturated rings. The Balaban J connectivity index is 2.13. The number of phosphoric acid groups is 2. The number of likely N-dealkylation sites (tertiary alicyclic amines) is 1. The number of benzene rings is 1. The molecular weight excluding hydrogens is 630 g/mol. The number of cyclic esters (lactones) is 1. The summed E-state index contributed by atoms with van der Waals surface area (Å²) >= 11 is 6.49. The summed E-state index contributed by atoms with van der Waals surface area (Å²) in [6.45, 7) is 4.42. The third-order valence-electron chi connectivity index (χ3n) is 6.43. The summed E-state index contributed by atoms with van der Waals surface area (Å²) in [4.78, 5) is 71.0. The molecule has 0 spiro atoms. The second-order valence-electron chi connectivity index (χ2n) is 10.2. The van der Waals surface area contributed by atoms with E-state index in [-0.39, 0.29) is 36.1 Å². The molecule has 1 saturated heterocycles. The number of rotatable bonds is 7. The number of amides is 1. The van der Waals surface area contributed by atoms with Crippen LogP contribution in [-0.4, -0.2) is 67.9 Å². The van der Waals surface area contributed by atoms with E-state index in [0.717, 1.165) is 19.3 Å². The van der Waals surface area contributed by atoms with Gasteiger partial charge in [-0.25, -0.2) is 13.9 Å². The molecule has 14 nitrogen and oxygen atoms in total. The lowest BCUT2D eigenvalue weighted by atomic mass is 9.98. The number of allylic oxidation sites excluding steroid dienone is 3. The number of hydrogen-bond donors (Lipinski definition) is 4. The Morgan fingerprint density at radius 1 is 1.05 bits per heavy atom. The number of carbonyl (C=O) groups is 2. The predicted octanol–water partition coefficient (Wildman–Crippen LogP) is 4.30. The van der Waals surface area contributed by atoms with Crippen molar-refractivity contribution in [2.75, 3.05) is 19.7 Å². The minimum absolute atomic E-state index is 0.0901. The molecule has 2 aliphatic heterocycles. The molecule has 0 aliphatic carbocycles. The number of piperidine rings is 1. The molecule has 2 atom stereocenters. The Labute approximate surface area is 253 Å². The van der Waals surface area contributed by atoms with E-state index in [1.807, 2.05) is 19.1 Å². The highest BCUT2D eigenvalue weighted by Crippen LogP contribution is 2.49. The van der Waals surface area contributed by atoms with Gasteiger partial charge < -0.3 is 23.5 Å². The molecule has 2 aliphatic rings. The molecule has 3 rings (SSSR count). The van der Waals surface area contributed by atoms with Crippen molar-refractivity contribution in [2.45, 2.75) is 58.5 Å². The second kappa shape index (κ2) is 15.3. The Hall–Kier alpha value is -2.70. The Morgan fingerprint density at radius 3 is 2.35 bits per heavy atom. The number of ether oxygens (including phenoxy) is 1. The Kier molecular flexibility index (Phi) is 12.4. The molecule has 0 radical (unpaired) electrons. The molecule has 0 aromatic heterocycles. The van der Waals surface area contributed by atoms with Crippen LogP contribution in [0.4, 0.5) is 0 Å². The summed E-state index contributed by atoms with van der Waals surface area (Å²) in [5.41, 5.74) is -0.652.